The Balaban J connectivity index is 1.18. The number of nitrogens with zero attached hydrogens (tertiary/aromatic N) is 3. The molecule has 1 amide bonds. The van der Waals surface area contributed by atoms with E-state index in [-0.39, 0.29) is 5.91 Å². The van der Waals surface area contributed by atoms with Crippen LogP contribution in [0.25, 0.3) is 15.9 Å². The van der Waals surface area contributed by atoms with Gasteiger partial charge in [0.05, 0.1) is 40.2 Å². The van der Waals surface area contributed by atoms with E-state index in [1.807, 2.05) is 66.2 Å². The van der Waals surface area contributed by atoms with E-state index >= 15 is 0 Å². The number of piperidine rings is 1. The average Bonchev–Trinajstić information content (AvgIpc) is 3.58. The molecule has 0 saturated carbocycles. The average molecular weight is 509 g/mol. The summed E-state index contributed by atoms with van der Waals surface area (Å²) in [6, 6.07) is 17.5. The quantitative estimate of drug-likeness (QED) is 0.386. The Bertz CT molecular complexity index is 1380. The molecular weight excluding hydrogens is 484 g/mol. The molecule has 2 fully saturated rings. The van der Waals surface area contributed by atoms with Gasteiger partial charge in [0.25, 0.3) is 5.91 Å². The van der Waals surface area contributed by atoms with Gasteiger partial charge < -0.3 is 19.7 Å². The molecular formula is C26H25ClN4O3S. The Morgan fingerprint density at radius 2 is 1.83 bits per heavy atom. The molecule has 2 saturated heterocycles. The van der Waals surface area contributed by atoms with E-state index in [0.29, 0.717) is 28.8 Å². The fourth-order valence-electron chi connectivity index (χ4n) is 4.81. The van der Waals surface area contributed by atoms with E-state index in [2.05, 4.69) is 15.3 Å². The highest BCUT2D eigenvalue weighted by atomic mass is 35.5. The molecule has 4 aromatic rings. The molecule has 2 aliphatic rings. The number of hydrogen-bond acceptors (Lipinski definition) is 6. The molecule has 1 spiro atoms. The molecule has 180 valence electrons. The summed E-state index contributed by atoms with van der Waals surface area (Å²) in [5.41, 5.74) is 3.48. The van der Waals surface area contributed by atoms with Crippen molar-refractivity contribution in [1.82, 2.24) is 9.78 Å². The van der Waals surface area contributed by atoms with E-state index in [9.17, 15) is 4.79 Å². The van der Waals surface area contributed by atoms with Crippen LogP contribution in [0.3, 0.4) is 0 Å². The number of aryl methyl sites for hydroxylation is 1. The zero-order chi connectivity index (χ0) is 24.0. The summed E-state index contributed by atoms with van der Waals surface area (Å²) >= 11 is 8.06. The maximum atomic E-state index is 13.1. The molecule has 35 heavy (non-hydrogen) atoms. The monoisotopic (exact) mass is 508 g/mol. The number of hydrogen-bond donors (Lipinski definition) is 1. The first-order valence-corrected chi connectivity index (χ1v) is 12.9. The number of nitrogens with one attached hydrogen (secondary N) is 1. The summed E-state index contributed by atoms with van der Waals surface area (Å²) < 4.78 is 13.5. The predicted octanol–water partition coefficient (Wildman–Crippen LogP) is 5.64. The van der Waals surface area contributed by atoms with Crippen molar-refractivity contribution in [3.05, 3.63) is 70.2 Å². The zero-order valence-corrected chi connectivity index (χ0v) is 20.9. The van der Waals surface area contributed by atoms with Crippen LogP contribution in [0, 0.1) is 6.92 Å². The fourth-order valence-corrected chi connectivity index (χ4v) is 6.19. The van der Waals surface area contributed by atoms with Gasteiger partial charge in [-0.1, -0.05) is 29.8 Å². The fraction of sp³-hybridized carbons (Fsp3) is 0.308. The minimum atomic E-state index is -0.420. The molecule has 9 heteroatoms. The van der Waals surface area contributed by atoms with Crippen LogP contribution in [-0.2, 0) is 9.47 Å². The van der Waals surface area contributed by atoms with Crippen LogP contribution in [0.5, 0.6) is 0 Å². The van der Waals surface area contributed by atoms with Crippen molar-refractivity contribution < 1.29 is 14.3 Å². The van der Waals surface area contributed by atoms with Crippen LogP contribution in [0.2, 0.25) is 5.02 Å². The standard InChI is InChI=1S/C26H25ClN4O3S/c1-17-20-16-23(35-25(20)31(29-17)19-5-3-2-4-6-19)24(32)28-18-7-8-22(21(27)15-18)30-11-9-26(10-12-30)33-13-14-34-26/h2-8,15-16H,9-14H2,1H3,(H,28,32). The lowest BCUT2D eigenvalue weighted by molar-refractivity contribution is -0.169. The summed E-state index contributed by atoms with van der Waals surface area (Å²) in [4.78, 5) is 16.9. The van der Waals surface area contributed by atoms with Gasteiger partial charge in [-0.25, -0.2) is 4.68 Å². The predicted molar refractivity (Wildman–Crippen MR) is 139 cm³/mol. The zero-order valence-electron chi connectivity index (χ0n) is 19.3. The van der Waals surface area contributed by atoms with Crippen LogP contribution in [-0.4, -0.2) is 47.8 Å². The van der Waals surface area contributed by atoms with Gasteiger partial charge in [-0.2, -0.15) is 5.10 Å². The topological polar surface area (TPSA) is 68.6 Å². The number of anilines is 2. The molecule has 0 bridgehead atoms. The van der Waals surface area contributed by atoms with Crippen molar-refractivity contribution in [1.29, 1.82) is 0 Å². The summed E-state index contributed by atoms with van der Waals surface area (Å²) in [6.07, 6.45) is 1.63. The maximum absolute atomic E-state index is 13.1. The number of aromatic nitrogens is 2. The number of ether oxygens (including phenoxy) is 2. The lowest BCUT2D eigenvalue weighted by Gasteiger charge is -2.39. The van der Waals surface area contributed by atoms with E-state index in [4.69, 9.17) is 21.1 Å². The molecule has 0 unspecified atom stereocenters. The number of halogens is 1. The first-order valence-electron chi connectivity index (χ1n) is 11.7. The van der Waals surface area contributed by atoms with Gasteiger partial charge in [-0.3, -0.25) is 4.79 Å². The largest absolute Gasteiger partial charge is 0.370 e. The van der Waals surface area contributed by atoms with Crippen LogP contribution >= 0.6 is 22.9 Å². The molecule has 2 aromatic carbocycles. The summed E-state index contributed by atoms with van der Waals surface area (Å²) in [5.74, 6) is -0.582. The van der Waals surface area contributed by atoms with Crippen molar-refractivity contribution in [2.24, 2.45) is 0 Å². The van der Waals surface area contributed by atoms with E-state index in [1.54, 1.807) is 0 Å². The molecule has 2 aromatic heterocycles. The van der Waals surface area contributed by atoms with Crippen molar-refractivity contribution in [2.75, 3.05) is 36.5 Å². The maximum Gasteiger partial charge on any atom is 0.265 e. The van der Waals surface area contributed by atoms with Crippen LogP contribution < -0.4 is 10.2 Å². The number of carbonyl (C=O) groups excluding carboxylic acids is 1. The summed E-state index contributed by atoms with van der Waals surface area (Å²) in [7, 11) is 0. The van der Waals surface area contributed by atoms with Gasteiger partial charge in [0.1, 0.15) is 4.83 Å². The number of carbonyl (C=O) groups is 1. The molecule has 4 heterocycles. The Morgan fingerprint density at radius 1 is 1.09 bits per heavy atom. The van der Waals surface area contributed by atoms with E-state index < -0.39 is 5.79 Å². The van der Waals surface area contributed by atoms with Crippen LogP contribution in [0.4, 0.5) is 11.4 Å². The molecule has 2 aliphatic heterocycles. The second-order valence-electron chi connectivity index (χ2n) is 8.88. The molecule has 7 nitrogen and oxygen atoms in total. The molecule has 6 rings (SSSR count). The number of rotatable bonds is 4. The minimum Gasteiger partial charge on any atom is -0.370 e. The van der Waals surface area contributed by atoms with E-state index in [1.165, 1.54) is 11.3 Å². The Hall–Kier alpha value is -2.91. The van der Waals surface area contributed by atoms with Crippen molar-refractivity contribution >= 4 is 50.4 Å². The van der Waals surface area contributed by atoms with Crippen LogP contribution in [0.1, 0.15) is 28.2 Å². The van der Waals surface area contributed by atoms with Crippen molar-refractivity contribution in [2.45, 2.75) is 25.6 Å². The summed E-state index contributed by atoms with van der Waals surface area (Å²) in [5, 5.41) is 9.24. The smallest absolute Gasteiger partial charge is 0.265 e. The van der Waals surface area contributed by atoms with Crippen molar-refractivity contribution in [3.63, 3.8) is 0 Å². The Morgan fingerprint density at radius 3 is 2.54 bits per heavy atom. The SMILES string of the molecule is Cc1nn(-c2ccccc2)c2sc(C(=O)Nc3ccc(N4CCC5(CC4)OCCO5)c(Cl)c3)cc12. The normalized spacial score (nSPS) is 17.4. The second-order valence-corrected chi connectivity index (χ2v) is 10.3. The Labute approximate surface area is 212 Å². The van der Waals surface area contributed by atoms with Gasteiger partial charge in [0.2, 0.25) is 0 Å². The van der Waals surface area contributed by atoms with Gasteiger partial charge in [-0.15, -0.1) is 11.3 Å². The summed E-state index contributed by atoms with van der Waals surface area (Å²) in [6.45, 7) is 4.91. The van der Waals surface area contributed by atoms with Gasteiger partial charge >= 0.3 is 0 Å². The third kappa shape index (κ3) is 4.21. The van der Waals surface area contributed by atoms with Crippen LogP contribution in [0.15, 0.2) is 54.6 Å². The number of fused-ring (bicyclic) bond motifs is 1. The van der Waals surface area contributed by atoms with Gasteiger partial charge in [-0.05, 0) is 43.3 Å². The second kappa shape index (κ2) is 8.95. The molecule has 0 atom stereocenters. The van der Waals surface area contributed by atoms with Crippen molar-refractivity contribution in [3.8, 4) is 5.69 Å². The van der Waals surface area contributed by atoms with E-state index in [0.717, 1.165) is 53.2 Å². The lowest BCUT2D eigenvalue weighted by Crippen LogP contribution is -2.45. The third-order valence-corrected chi connectivity index (χ3v) is 8.07. The minimum absolute atomic E-state index is 0.163. The molecule has 1 N–H and O–H groups in total. The number of para-hydroxylation sites is 1. The van der Waals surface area contributed by atoms with Gasteiger partial charge in [0.15, 0.2) is 5.79 Å². The van der Waals surface area contributed by atoms with Gasteiger partial charge in [0, 0.05) is 37.0 Å². The highest BCUT2D eigenvalue weighted by molar-refractivity contribution is 7.20. The highest BCUT2D eigenvalue weighted by Crippen LogP contribution is 2.37. The Kier molecular flexibility index (Phi) is 5.76. The number of amides is 1. The molecule has 0 radical (unpaired) electrons. The third-order valence-electron chi connectivity index (χ3n) is 6.65. The molecule has 0 aliphatic carbocycles. The first-order chi connectivity index (χ1) is 17.0. The number of benzene rings is 2. The highest BCUT2D eigenvalue weighted by Gasteiger charge is 2.40. The lowest BCUT2D eigenvalue weighted by atomic mass is 10.0. The first kappa shape index (κ1) is 22.5. The number of thiophene rings is 1.